The summed E-state index contributed by atoms with van der Waals surface area (Å²) in [7, 11) is 0. The fourth-order valence-electron chi connectivity index (χ4n) is 2.08. The zero-order chi connectivity index (χ0) is 13.4. The number of anilines is 1. The molecule has 19 heavy (non-hydrogen) atoms. The van der Waals surface area contributed by atoms with Crippen LogP contribution in [-0.2, 0) is 6.54 Å². The predicted molar refractivity (Wildman–Crippen MR) is 72.7 cm³/mol. The second-order valence-corrected chi connectivity index (χ2v) is 4.65. The van der Waals surface area contributed by atoms with Gasteiger partial charge in [-0.25, -0.2) is 9.61 Å². The highest BCUT2D eigenvalue weighted by molar-refractivity contribution is 6.31. The summed E-state index contributed by atoms with van der Waals surface area (Å²) in [6.07, 6.45) is 0.965. The molecule has 7 heteroatoms. The molecule has 0 bridgehead atoms. The molecule has 3 aromatic rings. The number of hydrogen-bond donors (Lipinski definition) is 1. The molecule has 2 N–H and O–H groups in total. The molecule has 0 saturated carbocycles. The molecule has 0 aliphatic carbocycles. The molecule has 3 rings (SSSR count). The Kier molecular flexibility index (Phi) is 2.87. The Hall–Kier alpha value is -2.08. The van der Waals surface area contributed by atoms with E-state index in [9.17, 15) is 0 Å². The van der Waals surface area contributed by atoms with Gasteiger partial charge in [0, 0.05) is 11.6 Å². The number of fused-ring (bicyclic) bond motifs is 1. The molecule has 0 unspecified atom stereocenters. The summed E-state index contributed by atoms with van der Waals surface area (Å²) in [6, 6.07) is 5.59. The zero-order valence-corrected chi connectivity index (χ0v) is 11.1. The molecule has 0 fully saturated rings. The topological polar surface area (TPSA) is 82.8 Å². The lowest BCUT2D eigenvalue weighted by molar-refractivity contribution is 0.310. The van der Waals surface area contributed by atoms with E-state index >= 15 is 0 Å². The van der Waals surface area contributed by atoms with Crippen LogP contribution in [0.4, 0.5) is 5.82 Å². The smallest absolute Gasteiger partial charge is 0.199 e. The van der Waals surface area contributed by atoms with Gasteiger partial charge in [0.2, 0.25) is 0 Å². The first-order chi connectivity index (χ1) is 9.20. The molecule has 0 radical (unpaired) electrons. The maximum atomic E-state index is 5.99. The third kappa shape index (κ3) is 1.94. The Morgan fingerprint density at radius 1 is 1.37 bits per heavy atom. The maximum absolute atomic E-state index is 5.99. The van der Waals surface area contributed by atoms with Crippen LogP contribution >= 0.6 is 11.6 Å². The van der Waals surface area contributed by atoms with Crippen molar-refractivity contribution in [3.8, 4) is 11.5 Å². The molecule has 0 aliphatic heterocycles. The minimum Gasteiger partial charge on any atom is -0.379 e. The van der Waals surface area contributed by atoms with E-state index in [4.69, 9.17) is 17.3 Å². The minimum absolute atomic E-state index is 0.235. The normalized spacial score (nSPS) is 11.3. The van der Waals surface area contributed by atoms with Crippen molar-refractivity contribution in [2.75, 3.05) is 5.73 Å². The van der Waals surface area contributed by atoms with Crippen LogP contribution in [0.3, 0.4) is 0 Å². The molecule has 0 atom stereocenters. The van der Waals surface area contributed by atoms with Gasteiger partial charge in [0.05, 0.1) is 11.0 Å². The number of aryl methyl sites for hydroxylation is 1. The summed E-state index contributed by atoms with van der Waals surface area (Å²) in [6.45, 7) is 2.90. The number of nitrogens with two attached hydrogens (primary N) is 1. The minimum atomic E-state index is 0.235. The number of nitrogens with zero attached hydrogens (tertiary/aromatic N) is 4. The Morgan fingerprint density at radius 2 is 2.21 bits per heavy atom. The van der Waals surface area contributed by atoms with Crippen LogP contribution in [0.15, 0.2) is 22.8 Å². The third-order valence-electron chi connectivity index (χ3n) is 2.88. The lowest BCUT2D eigenvalue weighted by Gasteiger charge is -2.05. The molecule has 0 spiro atoms. The second-order valence-electron chi connectivity index (χ2n) is 4.22. The van der Waals surface area contributed by atoms with Crippen LogP contribution in [0.1, 0.15) is 13.3 Å². The first-order valence-electron chi connectivity index (χ1n) is 5.95. The van der Waals surface area contributed by atoms with Gasteiger partial charge in [-0.05, 0) is 34.9 Å². The number of halogens is 1. The fourth-order valence-corrected chi connectivity index (χ4v) is 2.25. The highest BCUT2D eigenvalue weighted by Crippen LogP contribution is 2.28. The van der Waals surface area contributed by atoms with Gasteiger partial charge in [0.25, 0.3) is 0 Å². The Morgan fingerprint density at radius 3 is 2.89 bits per heavy atom. The van der Waals surface area contributed by atoms with Crippen molar-refractivity contribution < 1.29 is 4.63 Å². The Balaban J connectivity index is 2.28. The van der Waals surface area contributed by atoms with Gasteiger partial charge < -0.3 is 10.3 Å². The number of aromatic nitrogens is 4. The van der Waals surface area contributed by atoms with Crippen LogP contribution in [0, 0.1) is 0 Å². The number of nitrogen functional groups attached to an aromatic ring is 1. The number of imidazole rings is 1. The quantitative estimate of drug-likeness (QED) is 0.796. The molecule has 6 nitrogen and oxygen atoms in total. The molecular formula is C12H12ClN5O. The molecule has 98 valence electrons. The molecule has 2 aromatic heterocycles. The highest BCUT2D eigenvalue weighted by Gasteiger charge is 2.18. The summed E-state index contributed by atoms with van der Waals surface area (Å²) in [5, 5.41) is 8.06. The van der Waals surface area contributed by atoms with E-state index in [1.807, 2.05) is 22.8 Å². The standard InChI is InChI=1S/C12H12ClN5O/c1-2-5-18-9-4-3-7(13)6-8(9)15-12(18)10-11(14)17-19-16-10/h3-4,6H,2,5H2,1H3,(H2,14,17). The lowest BCUT2D eigenvalue weighted by atomic mass is 10.3. The molecule has 0 saturated heterocycles. The average Bonchev–Trinajstić information content (AvgIpc) is 2.94. The van der Waals surface area contributed by atoms with E-state index in [2.05, 4.69) is 26.9 Å². The molecule has 2 heterocycles. The lowest BCUT2D eigenvalue weighted by Crippen LogP contribution is -2.01. The van der Waals surface area contributed by atoms with Crippen molar-refractivity contribution in [1.29, 1.82) is 0 Å². The van der Waals surface area contributed by atoms with Crippen molar-refractivity contribution in [1.82, 2.24) is 19.9 Å². The zero-order valence-electron chi connectivity index (χ0n) is 10.3. The molecule has 0 aliphatic rings. The fraction of sp³-hybridized carbons (Fsp3) is 0.250. The van der Waals surface area contributed by atoms with Crippen LogP contribution in [0.5, 0.6) is 0 Å². The number of hydrogen-bond acceptors (Lipinski definition) is 5. The van der Waals surface area contributed by atoms with E-state index in [1.165, 1.54) is 0 Å². The van der Waals surface area contributed by atoms with Gasteiger partial charge >= 0.3 is 0 Å². The van der Waals surface area contributed by atoms with E-state index in [0.29, 0.717) is 16.5 Å². The summed E-state index contributed by atoms with van der Waals surface area (Å²) in [4.78, 5) is 4.53. The summed E-state index contributed by atoms with van der Waals surface area (Å²) < 4.78 is 6.69. The molecule has 1 aromatic carbocycles. The Bertz CT molecular complexity index is 733. The largest absolute Gasteiger partial charge is 0.379 e. The van der Waals surface area contributed by atoms with Crippen molar-refractivity contribution in [2.45, 2.75) is 19.9 Å². The van der Waals surface area contributed by atoms with E-state index in [0.717, 1.165) is 24.0 Å². The van der Waals surface area contributed by atoms with Gasteiger partial charge in [-0.15, -0.1) is 0 Å². The first-order valence-corrected chi connectivity index (χ1v) is 6.32. The van der Waals surface area contributed by atoms with Crippen molar-refractivity contribution >= 4 is 28.5 Å². The Labute approximate surface area is 114 Å². The van der Waals surface area contributed by atoms with Crippen LogP contribution < -0.4 is 5.73 Å². The van der Waals surface area contributed by atoms with Crippen molar-refractivity contribution in [3.05, 3.63) is 23.2 Å². The van der Waals surface area contributed by atoms with Gasteiger partial charge in [-0.2, -0.15) is 0 Å². The van der Waals surface area contributed by atoms with E-state index in [1.54, 1.807) is 0 Å². The van der Waals surface area contributed by atoms with Gasteiger partial charge in [-0.1, -0.05) is 18.5 Å². The first kappa shape index (κ1) is 12.0. The van der Waals surface area contributed by atoms with Gasteiger partial charge in [0.1, 0.15) is 0 Å². The van der Waals surface area contributed by atoms with Crippen molar-refractivity contribution in [2.24, 2.45) is 0 Å². The van der Waals surface area contributed by atoms with E-state index in [-0.39, 0.29) is 5.82 Å². The average molecular weight is 278 g/mol. The van der Waals surface area contributed by atoms with Crippen LogP contribution in [0.25, 0.3) is 22.6 Å². The van der Waals surface area contributed by atoms with Gasteiger partial charge in [0.15, 0.2) is 17.3 Å². The number of benzene rings is 1. The summed E-state index contributed by atoms with van der Waals surface area (Å²) >= 11 is 5.99. The molecule has 0 amide bonds. The third-order valence-corrected chi connectivity index (χ3v) is 3.12. The van der Waals surface area contributed by atoms with Crippen LogP contribution in [-0.4, -0.2) is 19.9 Å². The van der Waals surface area contributed by atoms with Crippen LogP contribution in [0.2, 0.25) is 5.02 Å². The number of rotatable bonds is 3. The van der Waals surface area contributed by atoms with Crippen molar-refractivity contribution in [3.63, 3.8) is 0 Å². The van der Waals surface area contributed by atoms with E-state index < -0.39 is 0 Å². The monoisotopic (exact) mass is 277 g/mol. The second kappa shape index (κ2) is 4.55. The van der Waals surface area contributed by atoms with Gasteiger partial charge in [-0.3, -0.25) is 0 Å². The molecular weight excluding hydrogens is 266 g/mol. The SMILES string of the molecule is CCCn1c(-c2nonc2N)nc2cc(Cl)ccc21. The predicted octanol–water partition coefficient (Wildman–Crippen LogP) is 2.73. The maximum Gasteiger partial charge on any atom is 0.199 e. The highest BCUT2D eigenvalue weighted by atomic mass is 35.5. The summed E-state index contributed by atoms with van der Waals surface area (Å²) in [5.41, 5.74) is 8.00. The summed E-state index contributed by atoms with van der Waals surface area (Å²) in [5.74, 6) is 0.886.